The van der Waals surface area contributed by atoms with Gasteiger partial charge in [-0.1, -0.05) is 43.6 Å². The lowest BCUT2D eigenvalue weighted by atomic mass is 10.0. The van der Waals surface area contributed by atoms with Gasteiger partial charge in [0.1, 0.15) is 6.04 Å². The second kappa shape index (κ2) is 9.09. The van der Waals surface area contributed by atoms with Crippen LogP contribution in [0.15, 0.2) is 48.5 Å². The molecular weight excluding hydrogens is 408 g/mol. The molecule has 0 bridgehead atoms. The molecule has 8 heteroatoms. The number of halogens is 1. The standard InChI is InChI=1S/C22H21ClN2O5/c1-13(2)10-18(25-20(27)16-8-3-4-9-17(16)21(25)28)22(29)30-12-19(26)24-15-7-5-6-14(23)11-15/h3-9,11,13,18H,10,12H2,1-2H3,(H,24,26)/t18-/m1/s1. The van der Waals surface area contributed by atoms with Crippen LogP contribution in [0.1, 0.15) is 41.0 Å². The van der Waals surface area contributed by atoms with Crippen LogP contribution in [0.3, 0.4) is 0 Å². The molecular formula is C22H21ClN2O5. The van der Waals surface area contributed by atoms with E-state index in [0.717, 1.165) is 4.90 Å². The Hall–Kier alpha value is -3.19. The molecule has 0 unspecified atom stereocenters. The first-order chi connectivity index (χ1) is 14.3. The van der Waals surface area contributed by atoms with Crippen molar-refractivity contribution in [2.24, 2.45) is 5.92 Å². The zero-order valence-electron chi connectivity index (χ0n) is 16.6. The van der Waals surface area contributed by atoms with Gasteiger partial charge in [0.25, 0.3) is 17.7 Å². The van der Waals surface area contributed by atoms with Crippen molar-refractivity contribution in [3.05, 3.63) is 64.7 Å². The van der Waals surface area contributed by atoms with Crippen LogP contribution in [0.25, 0.3) is 0 Å². The third-order valence-electron chi connectivity index (χ3n) is 4.56. The number of fused-ring (bicyclic) bond motifs is 1. The SMILES string of the molecule is CC(C)C[C@H](C(=O)OCC(=O)Nc1cccc(Cl)c1)N1C(=O)c2ccccc2C1=O. The minimum Gasteiger partial charge on any atom is -0.454 e. The number of carbonyl (C=O) groups is 4. The summed E-state index contributed by atoms with van der Waals surface area (Å²) in [5.74, 6) is -2.44. The van der Waals surface area contributed by atoms with Crippen LogP contribution < -0.4 is 5.32 Å². The van der Waals surface area contributed by atoms with E-state index < -0.39 is 36.3 Å². The lowest BCUT2D eigenvalue weighted by molar-refractivity contribution is -0.151. The highest BCUT2D eigenvalue weighted by Gasteiger charge is 2.43. The van der Waals surface area contributed by atoms with E-state index in [-0.39, 0.29) is 23.5 Å². The average Bonchev–Trinajstić information content (AvgIpc) is 2.95. The number of hydrogen-bond donors (Lipinski definition) is 1. The minimum absolute atomic E-state index is 0.00662. The first-order valence-electron chi connectivity index (χ1n) is 9.47. The van der Waals surface area contributed by atoms with Crippen LogP contribution in [-0.4, -0.2) is 41.2 Å². The third kappa shape index (κ3) is 4.68. The van der Waals surface area contributed by atoms with Gasteiger partial charge in [-0.2, -0.15) is 0 Å². The summed E-state index contributed by atoms with van der Waals surface area (Å²) in [7, 11) is 0. The summed E-state index contributed by atoms with van der Waals surface area (Å²) in [5.41, 5.74) is 0.966. The van der Waals surface area contributed by atoms with Crippen molar-refractivity contribution in [1.82, 2.24) is 4.90 Å². The lowest BCUT2D eigenvalue weighted by Gasteiger charge is -2.25. The number of amides is 3. The number of anilines is 1. The van der Waals surface area contributed by atoms with Crippen LogP contribution in [0.4, 0.5) is 5.69 Å². The van der Waals surface area contributed by atoms with Crippen LogP contribution in [0, 0.1) is 5.92 Å². The van der Waals surface area contributed by atoms with Crippen LogP contribution in [-0.2, 0) is 14.3 Å². The molecule has 3 amide bonds. The summed E-state index contributed by atoms with van der Waals surface area (Å²) in [6, 6.07) is 11.8. The summed E-state index contributed by atoms with van der Waals surface area (Å²) in [4.78, 5) is 51.3. The fraction of sp³-hybridized carbons (Fsp3) is 0.273. The molecule has 1 heterocycles. The summed E-state index contributed by atoms with van der Waals surface area (Å²) >= 11 is 5.88. The Kier molecular flexibility index (Phi) is 6.52. The maximum atomic E-state index is 12.8. The zero-order valence-corrected chi connectivity index (χ0v) is 17.3. The molecule has 30 heavy (non-hydrogen) atoms. The van der Waals surface area contributed by atoms with Gasteiger partial charge in [0.2, 0.25) is 0 Å². The second-order valence-corrected chi connectivity index (χ2v) is 7.77. The van der Waals surface area contributed by atoms with Gasteiger partial charge in [0.05, 0.1) is 11.1 Å². The molecule has 2 aromatic carbocycles. The number of esters is 1. The predicted molar refractivity (Wildman–Crippen MR) is 111 cm³/mol. The van der Waals surface area contributed by atoms with E-state index in [1.54, 1.807) is 48.5 Å². The first kappa shape index (κ1) is 21.5. The Labute approximate surface area is 179 Å². The summed E-state index contributed by atoms with van der Waals surface area (Å²) < 4.78 is 5.15. The molecule has 3 rings (SSSR count). The normalized spacial score (nSPS) is 13.9. The van der Waals surface area contributed by atoms with Gasteiger partial charge in [-0.3, -0.25) is 19.3 Å². The Bertz CT molecular complexity index is 970. The largest absolute Gasteiger partial charge is 0.454 e. The maximum Gasteiger partial charge on any atom is 0.329 e. The van der Waals surface area contributed by atoms with Crippen LogP contribution in [0.2, 0.25) is 5.02 Å². The maximum absolute atomic E-state index is 12.8. The quantitative estimate of drug-likeness (QED) is 0.538. The zero-order chi connectivity index (χ0) is 21.8. The Balaban J connectivity index is 1.70. The molecule has 1 aliphatic heterocycles. The molecule has 0 radical (unpaired) electrons. The number of hydrogen-bond acceptors (Lipinski definition) is 5. The Morgan fingerprint density at radius 3 is 2.23 bits per heavy atom. The highest BCUT2D eigenvalue weighted by atomic mass is 35.5. The fourth-order valence-electron chi connectivity index (χ4n) is 3.24. The molecule has 0 aliphatic carbocycles. The van der Waals surface area contributed by atoms with Crippen molar-refractivity contribution in [2.75, 3.05) is 11.9 Å². The second-order valence-electron chi connectivity index (χ2n) is 7.34. The summed E-state index contributed by atoms with van der Waals surface area (Å²) in [6.07, 6.45) is 0.222. The molecule has 1 aliphatic rings. The highest BCUT2D eigenvalue weighted by Crippen LogP contribution is 2.27. The van der Waals surface area contributed by atoms with Gasteiger partial charge in [0, 0.05) is 10.7 Å². The summed E-state index contributed by atoms with van der Waals surface area (Å²) in [6.45, 7) is 3.18. The van der Waals surface area contributed by atoms with E-state index in [1.165, 1.54) is 0 Å². The minimum atomic E-state index is -1.11. The number of imide groups is 1. The van der Waals surface area contributed by atoms with Gasteiger partial charge in [-0.05, 0) is 42.7 Å². The van der Waals surface area contributed by atoms with Crippen LogP contribution >= 0.6 is 11.6 Å². The van der Waals surface area contributed by atoms with Gasteiger partial charge in [-0.15, -0.1) is 0 Å². The Morgan fingerprint density at radius 2 is 1.67 bits per heavy atom. The molecule has 2 aromatic rings. The van der Waals surface area contributed by atoms with E-state index >= 15 is 0 Å². The van der Waals surface area contributed by atoms with Gasteiger partial charge in [0.15, 0.2) is 6.61 Å². The van der Waals surface area contributed by atoms with Crippen LogP contribution in [0.5, 0.6) is 0 Å². The van der Waals surface area contributed by atoms with E-state index in [1.807, 2.05) is 13.8 Å². The monoisotopic (exact) mass is 428 g/mol. The molecule has 0 spiro atoms. The van der Waals surface area contributed by atoms with Gasteiger partial charge in [-0.25, -0.2) is 4.79 Å². The number of ether oxygens (including phenoxy) is 1. The summed E-state index contributed by atoms with van der Waals surface area (Å²) in [5, 5.41) is 3.02. The molecule has 7 nitrogen and oxygen atoms in total. The molecule has 0 saturated heterocycles. The number of rotatable bonds is 7. The van der Waals surface area contributed by atoms with E-state index in [0.29, 0.717) is 10.7 Å². The third-order valence-corrected chi connectivity index (χ3v) is 4.79. The topological polar surface area (TPSA) is 92.8 Å². The molecule has 1 atom stereocenters. The number of nitrogens with one attached hydrogen (secondary N) is 1. The van der Waals surface area contributed by atoms with Crippen molar-refractivity contribution >= 4 is 41.0 Å². The van der Waals surface area contributed by atoms with Crippen molar-refractivity contribution in [1.29, 1.82) is 0 Å². The lowest BCUT2D eigenvalue weighted by Crippen LogP contribution is -2.46. The smallest absolute Gasteiger partial charge is 0.329 e. The van der Waals surface area contributed by atoms with E-state index in [4.69, 9.17) is 16.3 Å². The highest BCUT2D eigenvalue weighted by molar-refractivity contribution is 6.30. The molecule has 0 fully saturated rings. The average molecular weight is 429 g/mol. The van der Waals surface area contributed by atoms with Gasteiger partial charge >= 0.3 is 5.97 Å². The van der Waals surface area contributed by atoms with Crippen molar-refractivity contribution in [3.8, 4) is 0 Å². The van der Waals surface area contributed by atoms with Crippen molar-refractivity contribution < 1.29 is 23.9 Å². The van der Waals surface area contributed by atoms with E-state index in [9.17, 15) is 19.2 Å². The first-order valence-corrected chi connectivity index (χ1v) is 9.84. The number of carbonyl (C=O) groups excluding carboxylic acids is 4. The van der Waals surface area contributed by atoms with Crippen molar-refractivity contribution in [3.63, 3.8) is 0 Å². The molecule has 1 N–H and O–H groups in total. The van der Waals surface area contributed by atoms with Gasteiger partial charge < -0.3 is 10.1 Å². The number of nitrogens with zero attached hydrogens (tertiary/aromatic N) is 1. The van der Waals surface area contributed by atoms with E-state index in [2.05, 4.69) is 5.32 Å². The molecule has 0 saturated carbocycles. The van der Waals surface area contributed by atoms with Crippen molar-refractivity contribution in [2.45, 2.75) is 26.3 Å². The Morgan fingerprint density at radius 1 is 1.03 bits per heavy atom. The number of benzene rings is 2. The predicted octanol–water partition coefficient (Wildman–Crippen LogP) is 3.53. The fourth-order valence-corrected chi connectivity index (χ4v) is 3.43. The molecule has 156 valence electrons. The molecule has 0 aromatic heterocycles.